The lowest BCUT2D eigenvalue weighted by atomic mass is 10.2. The van der Waals surface area contributed by atoms with Gasteiger partial charge in [0.05, 0.1) is 0 Å². The molecule has 2 amide bonds. The summed E-state index contributed by atoms with van der Waals surface area (Å²) in [6, 6.07) is 10.6. The predicted molar refractivity (Wildman–Crippen MR) is 83.0 cm³/mol. The zero-order valence-electron chi connectivity index (χ0n) is 10.9. The molecule has 6 heteroatoms. The third-order valence-electron chi connectivity index (χ3n) is 2.56. The summed E-state index contributed by atoms with van der Waals surface area (Å²) in [5, 5.41) is 0. The van der Waals surface area contributed by atoms with Crippen LogP contribution in [0.1, 0.15) is 15.9 Å². The molecule has 0 atom stereocenters. The summed E-state index contributed by atoms with van der Waals surface area (Å²) >= 11 is 3.38. The number of amides is 2. The van der Waals surface area contributed by atoms with Gasteiger partial charge in [0.25, 0.3) is 11.8 Å². The number of carbonyl (C=O) groups excluding carboxylic acids is 2. The van der Waals surface area contributed by atoms with Crippen molar-refractivity contribution in [2.75, 3.05) is 0 Å². The van der Waals surface area contributed by atoms with E-state index >= 15 is 0 Å². The predicted octanol–water partition coefficient (Wildman–Crippen LogP) is 2.32. The van der Waals surface area contributed by atoms with Gasteiger partial charge in [0.1, 0.15) is 0 Å². The minimum atomic E-state index is -0.423. The number of pyridine rings is 1. The SMILES string of the molecule is O=C(/C=C/c1ccccc1Br)NNC(=O)c1ccncc1. The largest absolute Gasteiger partial charge is 0.269 e. The van der Waals surface area contributed by atoms with Crippen molar-refractivity contribution in [2.45, 2.75) is 0 Å². The van der Waals surface area contributed by atoms with Gasteiger partial charge in [-0.15, -0.1) is 0 Å². The van der Waals surface area contributed by atoms with Crippen molar-refractivity contribution in [1.29, 1.82) is 0 Å². The average molecular weight is 346 g/mol. The van der Waals surface area contributed by atoms with Gasteiger partial charge in [0.15, 0.2) is 0 Å². The molecule has 0 fully saturated rings. The van der Waals surface area contributed by atoms with Gasteiger partial charge in [-0.1, -0.05) is 34.1 Å². The molecule has 0 saturated heterocycles. The summed E-state index contributed by atoms with van der Waals surface area (Å²) in [4.78, 5) is 27.1. The zero-order chi connectivity index (χ0) is 15.1. The molecule has 0 saturated carbocycles. The maximum absolute atomic E-state index is 11.7. The van der Waals surface area contributed by atoms with Crippen LogP contribution in [0.3, 0.4) is 0 Å². The molecule has 21 heavy (non-hydrogen) atoms. The van der Waals surface area contributed by atoms with Gasteiger partial charge < -0.3 is 0 Å². The Kier molecular flexibility index (Phi) is 5.22. The number of nitrogens with one attached hydrogen (secondary N) is 2. The number of aromatic nitrogens is 1. The van der Waals surface area contributed by atoms with Crippen molar-refractivity contribution in [2.24, 2.45) is 0 Å². The third-order valence-corrected chi connectivity index (χ3v) is 3.28. The fourth-order valence-electron chi connectivity index (χ4n) is 1.51. The second-order valence-corrected chi connectivity index (χ2v) is 4.89. The van der Waals surface area contributed by atoms with Crippen LogP contribution in [0.2, 0.25) is 0 Å². The van der Waals surface area contributed by atoms with E-state index < -0.39 is 11.8 Å². The lowest BCUT2D eigenvalue weighted by Gasteiger charge is -2.04. The number of halogens is 1. The highest BCUT2D eigenvalue weighted by Gasteiger charge is 2.04. The van der Waals surface area contributed by atoms with Gasteiger partial charge in [0, 0.05) is 28.5 Å². The fraction of sp³-hybridized carbons (Fsp3) is 0. The Bertz CT molecular complexity index is 672. The number of hydrogen-bond donors (Lipinski definition) is 2. The standard InChI is InChI=1S/C15H12BrN3O2/c16-13-4-2-1-3-11(13)5-6-14(20)18-19-15(21)12-7-9-17-10-8-12/h1-10H,(H,18,20)(H,19,21)/b6-5+. The summed E-state index contributed by atoms with van der Waals surface area (Å²) in [5.74, 6) is -0.826. The van der Waals surface area contributed by atoms with Crippen LogP contribution in [0.5, 0.6) is 0 Å². The first-order valence-electron chi connectivity index (χ1n) is 6.10. The van der Waals surface area contributed by atoms with E-state index in [1.54, 1.807) is 18.2 Å². The number of hydrazine groups is 1. The van der Waals surface area contributed by atoms with E-state index in [0.717, 1.165) is 10.0 Å². The Morgan fingerprint density at radius 1 is 1.05 bits per heavy atom. The molecule has 1 aromatic heterocycles. The number of carbonyl (C=O) groups is 2. The van der Waals surface area contributed by atoms with Crippen LogP contribution >= 0.6 is 15.9 Å². The Labute approximate surface area is 130 Å². The summed E-state index contributed by atoms with van der Waals surface area (Å²) in [7, 11) is 0. The van der Waals surface area contributed by atoms with Gasteiger partial charge in [-0.25, -0.2) is 0 Å². The van der Waals surface area contributed by atoms with Crippen LogP contribution in [-0.2, 0) is 4.79 Å². The van der Waals surface area contributed by atoms with Crippen molar-refractivity contribution in [3.05, 3.63) is 70.5 Å². The van der Waals surface area contributed by atoms with E-state index in [9.17, 15) is 9.59 Å². The van der Waals surface area contributed by atoms with Crippen LogP contribution < -0.4 is 10.9 Å². The molecule has 0 unspecified atom stereocenters. The van der Waals surface area contributed by atoms with Crippen LogP contribution in [0, 0.1) is 0 Å². The molecule has 1 aromatic carbocycles. The molecule has 0 aliphatic carbocycles. The topological polar surface area (TPSA) is 71.1 Å². The summed E-state index contributed by atoms with van der Waals surface area (Å²) < 4.78 is 0.884. The van der Waals surface area contributed by atoms with Gasteiger partial charge >= 0.3 is 0 Å². The minimum Gasteiger partial charge on any atom is -0.268 e. The molecule has 0 bridgehead atoms. The van der Waals surface area contributed by atoms with Crippen molar-refractivity contribution in [3.8, 4) is 0 Å². The first-order valence-corrected chi connectivity index (χ1v) is 6.89. The molecular weight excluding hydrogens is 334 g/mol. The second-order valence-electron chi connectivity index (χ2n) is 4.03. The molecule has 1 heterocycles. The molecule has 2 aromatic rings. The minimum absolute atomic E-state index is 0.403. The van der Waals surface area contributed by atoms with E-state index in [2.05, 4.69) is 31.8 Å². The second kappa shape index (κ2) is 7.35. The molecule has 0 aliphatic heterocycles. The Hall–Kier alpha value is -2.47. The van der Waals surface area contributed by atoms with Crippen LogP contribution in [0.15, 0.2) is 59.3 Å². The molecule has 0 aliphatic rings. The number of benzene rings is 1. The van der Waals surface area contributed by atoms with Crippen LogP contribution in [-0.4, -0.2) is 16.8 Å². The molecule has 106 valence electrons. The summed E-state index contributed by atoms with van der Waals surface area (Å²) in [5.41, 5.74) is 5.92. The van der Waals surface area contributed by atoms with Crippen molar-refractivity contribution in [1.82, 2.24) is 15.8 Å². The number of rotatable bonds is 3. The molecule has 0 radical (unpaired) electrons. The highest BCUT2D eigenvalue weighted by atomic mass is 79.9. The highest BCUT2D eigenvalue weighted by molar-refractivity contribution is 9.10. The Morgan fingerprint density at radius 3 is 2.48 bits per heavy atom. The zero-order valence-corrected chi connectivity index (χ0v) is 12.5. The van der Waals surface area contributed by atoms with E-state index in [1.807, 2.05) is 24.3 Å². The van der Waals surface area contributed by atoms with Crippen molar-refractivity contribution in [3.63, 3.8) is 0 Å². The van der Waals surface area contributed by atoms with Gasteiger partial charge in [-0.05, 0) is 29.8 Å². The van der Waals surface area contributed by atoms with E-state index in [0.29, 0.717) is 5.56 Å². The van der Waals surface area contributed by atoms with E-state index in [1.165, 1.54) is 18.5 Å². The van der Waals surface area contributed by atoms with E-state index in [4.69, 9.17) is 0 Å². The Morgan fingerprint density at radius 2 is 1.76 bits per heavy atom. The maximum atomic E-state index is 11.7. The normalized spacial score (nSPS) is 10.3. The van der Waals surface area contributed by atoms with E-state index in [-0.39, 0.29) is 0 Å². The lowest BCUT2D eigenvalue weighted by molar-refractivity contribution is -0.117. The first kappa shape index (κ1) is 14.9. The highest BCUT2D eigenvalue weighted by Crippen LogP contribution is 2.16. The summed E-state index contributed by atoms with van der Waals surface area (Å²) in [6.45, 7) is 0. The number of nitrogens with zero attached hydrogens (tertiary/aromatic N) is 1. The molecule has 2 N–H and O–H groups in total. The smallest absolute Gasteiger partial charge is 0.268 e. The molecular formula is C15H12BrN3O2. The average Bonchev–Trinajstić information content (AvgIpc) is 2.52. The van der Waals surface area contributed by atoms with Gasteiger partial charge in [0.2, 0.25) is 0 Å². The van der Waals surface area contributed by atoms with Crippen molar-refractivity contribution >= 4 is 33.8 Å². The first-order chi connectivity index (χ1) is 10.2. The third kappa shape index (κ3) is 4.54. The van der Waals surface area contributed by atoms with Gasteiger partial charge in [-0.3, -0.25) is 25.4 Å². The fourth-order valence-corrected chi connectivity index (χ4v) is 1.93. The summed E-state index contributed by atoms with van der Waals surface area (Å²) in [6.07, 6.45) is 6.00. The monoisotopic (exact) mass is 345 g/mol. The molecule has 2 rings (SSSR count). The molecule has 5 nitrogen and oxygen atoms in total. The van der Waals surface area contributed by atoms with Crippen molar-refractivity contribution < 1.29 is 9.59 Å². The maximum Gasteiger partial charge on any atom is 0.269 e. The molecule has 0 spiro atoms. The van der Waals surface area contributed by atoms with Crippen LogP contribution in [0.4, 0.5) is 0 Å². The Balaban J connectivity index is 1.88. The van der Waals surface area contributed by atoms with Gasteiger partial charge in [-0.2, -0.15) is 0 Å². The quantitative estimate of drug-likeness (QED) is 0.662. The number of hydrogen-bond acceptors (Lipinski definition) is 3. The van der Waals surface area contributed by atoms with Crippen LogP contribution in [0.25, 0.3) is 6.08 Å². The lowest BCUT2D eigenvalue weighted by Crippen LogP contribution is -2.40.